The molecular weight excluding hydrogens is 485 g/mol. The molecule has 0 saturated heterocycles. The van der Waals surface area contributed by atoms with Crippen molar-refractivity contribution in [2.24, 2.45) is 5.92 Å². The van der Waals surface area contributed by atoms with E-state index in [1.807, 2.05) is 9.24 Å². The van der Waals surface area contributed by atoms with Gasteiger partial charge in [0.05, 0.1) is 5.56 Å². The van der Waals surface area contributed by atoms with Crippen molar-refractivity contribution in [3.8, 4) is 11.6 Å². The van der Waals surface area contributed by atoms with Crippen LogP contribution in [0.4, 0.5) is 34.8 Å². The average Bonchev–Trinajstić information content (AvgIpc) is 3.59. The van der Waals surface area contributed by atoms with E-state index in [0.29, 0.717) is 0 Å². The van der Waals surface area contributed by atoms with Crippen molar-refractivity contribution in [1.82, 2.24) is 9.97 Å². The SMILES string of the molecule is C=C(Nc1cc(F)cc(Oc2cc(NC(=O)C3CC3)ncn2)c1)Nc1ccc(P)c(C(F)(F)F)c1. The van der Waals surface area contributed by atoms with Gasteiger partial charge < -0.3 is 20.7 Å². The number of aromatic nitrogens is 2. The Kier molecular flexibility index (Phi) is 6.88. The fourth-order valence-electron chi connectivity index (χ4n) is 3.11. The second kappa shape index (κ2) is 9.87. The largest absolute Gasteiger partial charge is 0.439 e. The Labute approximate surface area is 200 Å². The van der Waals surface area contributed by atoms with Crippen molar-refractivity contribution in [3.63, 3.8) is 0 Å². The lowest BCUT2D eigenvalue weighted by atomic mass is 10.2. The van der Waals surface area contributed by atoms with Crippen LogP contribution in [-0.2, 0) is 11.0 Å². The normalized spacial score (nSPS) is 13.2. The molecule has 1 unspecified atom stereocenters. The number of rotatable bonds is 8. The molecule has 2 aromatic carbocycles. The molecule has 1 aliphatic carbocycles. The number of amides is 1. The van der Waals surface area contributed by atoms with Crippen molar-refractivity contribution >= 4 is 37.6 Å². The molecule has 1 atom stereocenters. The van der Waals surface area contributed by atoms with Gasteiger partial charge in [-0.25, -0.2) is 14.4 Å². The van der Waals surface area contributed by atoms with Crippen molar-refractivity contribution in [2.45, 2.75) is 19.0 Å². The van der Waals surface area contributed by atoms with Crippen molar-refractivity contribution in [3.05, 3.63) is 72.6 Å². The van der Waals surface area contributed by atoms with E-state index in [-0.39, 0.29) is 51.8 Å². The van der Waals surface area contributed by atoms with Crippen LogP contribution in [0.15, 0.2) is 61.2 Å². The lowest BCUT2D eigenvalue weighted by Gasteiger charge is -2.16. The summed E-state index contributed by atoms with van der Waals surface area (Å²) in [5.74, 6) is -0.241. The van der Waals surface area contributed by atoms with Crippen LogP contribution in [0.5, 0.6) is 11.6 Å². The monoisotopic (exact) mass is 505 g/mol. The molecule has 0 spiro atoms. The Balaban J connectivity index is 1.43. The number of nitrogens with one attached hydrogen (secondary N) is 3. The number of benzene rings is 2. The lowest BCUT2D eigenvalue weighted by molar-refractivity contribution is -0.136. The molecular formula is C23H20F4N5O2P. The number of alkyl halides is 3. The number of anilines is 3. The predicted octanol–water partition coefficient (Wildman–Crippen LogP) is 5.27. The highest BCUT2D eigenvalue weighted by Gasteiger charge is 2.32. The molecule has 35 heavy (non-hydrogen) atoms. The van der Waals surface area contributed by atoms with E-state index in [1.54, 1.807) is 0 Å². The molecule has 7 nitrogen and oxygen atoms in total. The number of carbonyl (C=O) groups is 1. The molecule has 0 aliphatic heterocycles. The van der Waals surface area contributed by atoms with E-state index >= 15 is 0 Å². The molecule has 182 valence electrons. The molecule has 1 fully saturated rings. The highest BCUT2D eigenvalue weighted by Crippen LogP contribution is 2.32. The van der Waals surface area contributed by atoms with E-state index < -0.39 is 17.6 Å². The van der Waals surface area contributed by atoms with Crippen LogP contribution in [0, 0.1) is 11.7 Å². The molecule has 0 radical (unpaired) electrons. The van der Waals surface area contributed by atoms with E-state index in [2.05, 4.69) is 32.5 Å². The van der Waals surface area contributed by atoms with Crippen molar-refractivity contribution in [1.29, 1.82) is 0 Å². The first kappa shape index (κ1) is 24.4. The zero-order chi connectivity index (χ0) is 25.2. The molecule has 1 amide bonds. The minimum atomic E-state index is -4.51. The Hall–Kier alpha value is -3.72. The minimum absolute atomic E-state index is 0.00764. The summed E-state index contributed by atoms with van der Waals surface area (Å²) in [6.45, 7) is 3.73. The summed E-state index contributed by atoms with van der Waals surface area (Å²) in [7, 11) is 2.04. The molecule has 4 rings (SSSR count). The van der Waals surface area contributed by atoms with Gasteiger partial charge in [-0.05, 0) is 36.3 Å². The molecule has 1 aliphatic rings. The van der Waals surface area contributed by atoms with Gasteiger partial charge in [0.1, 0.15) is 29.5 Å². The van der Waals surface area contributed by atoms with Gasteiger partial charge in [-0.2, -0.15) is 13.2 Å². The number of hydrogen-bond acceptors (Lipinski definition) is 6. The average molecular weight is 505 g/mol. The molecule has 3 aromatic rings. The van der Waals surface area contributed by atoms with Gasteiger partial charge in [0.2, 0.25) is 11.8 Å². The maximum absolute atomic E-state index is 14.2. The summed E-state index contributed by atoms with van der Waals surface area (Å²) >= 11 is 0. The van der Waals surface area contributed by atoms with Crippen LogP contribution in [0.3, 0.4) is 0 Å². The Morgan fingerprint density at radius 2 is 1.77 bits per heavy atom. The molecule has 1 saturated carbocycles. The summed E-state index contributed by atoms with van der Waals surface area (Å²) in [5.41, 5.74) is -0.428. The Morgan fingerprint density at radius 1 is 1.03 bits per heavy atom. The van der Waals surface area contributed by atoms with Crippen LogP contribution < -0.4 is 26.0 Å². The zero-order valence-electron chi connectivity index (χ0n) is 18.1. The summed E-state index contributed by atoms with van der Waals surface area (Å²) < 4.78 is 59.2. The highest BCUT2D eigenvalue weighted by molar-refractivity contribution is 7.27. The zero-order valence-corrected chi connectivity index (χ0v) is 19.3. The molecule has 1 heterocycles. The number of carbonyl (C=O) groups excluding carboxylic acids is 1. The first-order valence-corrected chi connectivity index (χ1v) is 11.0. The predicted molar refractivity (Wildman–Crippen MR) is 127 cm³/mol. The van der Waals surface area contributed by atoms with Crippen molar-refractivity contribution in [2.75, 3.05) is 16.0 Å². The van der Waals surface area contributed by atoms with Crippen LogP contribution in [0.25, 0.3) is 0 Å². The topological polar surface area (TPSA) is 88.2 Å². The van der Waals surface area contributed by atoms with E-state index in [0.717, 1.165) is 31.0 Å². The Bertz CT molecular complexity index is 1280. The second-order valence-electron chi connectivity index (χ2n) is 7.81. The van der Waals surface area contributed by atoms with Crippen LogP contribution >= 0.6 is 9.24 Å². The fraction of sp³-hybridized carbons (Fsp3) is 0.174. The van der Waals surface area contributed by atoms with E-state index in [4.69, 9.17) is 4.74 Å². The second-order valence-corrected chi connectivity index (χ2v) is 8.43. The standard InChI is InChI=1S/C23H20F4N5O2P/c1-12(30-15-4-5-19(35)18(9-15)23(25,26)27)31-16-6-14(24)7-17(8-16)34-21-10-20(28-11-29-21)32-22(33)13-2-3-13/h4-11,13,30-31H,1-3,35H2,(H,28,29,32,33). The van der Waals surface area contributed by atoms with E-state index in [9.17, 15) is 22.4 Å². The molecule has 12 heteroatoms. The van der Waals surface area contributed by atoms with Crippen molar-refractivity contribution < 1.29 is 27.1 Å². The number of ether oxygens (including phenoxy) is 1. The van der Waals surface area contributed by atoms with Crippen LogP contribution in [0.2, 0.25) is 0 Å². The highest BCUT2D eigenvalue weighted by atomic mass is 31.0. The number of hydrogen-bond donors (Lipinski definition) is 3. The maximum Gasteiger partial charge on any atom is 0.417 e. The molecule has 3 N–H and O–H groups in total. The Morgan fingerprint density at radius 3 is 2.49 bits per heavy atom. The van der Waals surface area contributed by atoms with Crippen LogP contribution in [0.1, 0.15) is 18.4 Å². The number of halogens is 4. The first-order chi connectivity index (χ1) is 16.6. The first-order valence-electron chi connectivity index (χ1n) is 10.4. The fourth-order valence-corrected chi connectivity index (χ4v) is 3.45. The van der Waals surface area contributed by atoms with Gasteiger partial charge in [0.15, 0.2) is 0 Å². The third-order valence-corrected chi connectivity index (χ3v) is 5.39. The van der Waals surface area contributed by atoms with Gasteiger partial charge in [0.25, 0.3) is 0 Å². The third-order valence-electron chi connectivity index (χ3n) is 4.88. The minimum Gasteiger partial charge on any atom is -0.439 e. The molecule has 0 bridgehead atoms. The quantitative estimate of drug-likeness (QED) is 0.286. The van der Waals surface area contributed by atoms with Gasteiger partial charge in [-0.3, -0.25) is 4.79 Å². The maximum atomic E-state index is 14.2. The molecule has 1 aromatic heterocycles. The summed E-state index contributed by atoms with van der Waals surface area (Å²) in [5, 5.41) is 8.18. The van der Waals surface area contributed by atoms with Crippen LogP contribution in [-0.4, -0.2) is 15.9 Å². The third kappa shape index (κ3) is 6.66. The lowest BCUT2D eigenvalue weighted by Crippen LogP contribution is -2.16. The van der Waals surface area contributed by atoms with Gasteiger partial charge in [-0.15, -0.1) is 9.24 Å². The van der Waals surface area contributed by atoms with Gasteiger partial charge >= 0.3 is 6.18 Å². The van der Waals surface area contributed by atoms with Gasteiger partial charge in [-0.1, -0.05) is 12.6 Å². The summed E-state index contributed by atoms with van der Waals surface area (Å²) in [4.78, 5) is 19.8. The summed E-state index contributed by atoms with van der Waals surface area (Å²) in [6.07, 6.45) is -1.63. The summed E-state index contributed by atoms with van der Waals surface area (Å²) in [6, 6.07) is 8.86. The smallest absolute Gasteiger partial charge is 0.417 e. The van der Waals surface area contributed by atoms with E-state index in [1.165, 1.54) is 30.6 Å². The number of nitrogens with zero attached hydrogens (tertiary/aromatic N) is 2. The van der Waals surface area contributed by atoms with Gasteiger partial charge in [0, 0.05) is 35.5 Å².